The molecule has 174 valence electrons. The third-order valence-corrected chi connectivity index (χ3v) is 5.19. The molecule has 9 heteroatoms. The number of hydrogen-bond donors (Lipinski definition) is 2. The van der Waals surface area contributed by atoms with Gasteiger partial charge in [-0.15, -0.1) is 0 Å². The zero-order chi connectivity index (χ0) is 22.8. The molecule has 0 bridgehead atoms. The monoisotopic (exact) mass is 439 g/mol. The van der Waals surface area contributed by atoms with Gasteiger partial charge in [0, 0.05) is 39.3 Å². The van der Waals surface area contributed by atoms with Crippen LogP contribution in [0.1, 0.15) is 37.3 Å². The standard InChI is InChI=1S/C22H35F2N5O2/c1-5-25-22(27-15-17-14-16(2)9-10-19(17)31-21(23)24)26-11-7-13-29-12-6-8-18(29)20(30)28(3)4/h9-10,14,18,21H,5-8,11-13,15H2,1-4H3,(H2,25,26,27). The van der Waals surface area contributed by atoms with E-state index in [1.807, 2.05) is 13.8 Å². The Morgan fingerprint density at radius 2 is 2.13 bits per heavy atom. The molecule has 2 N–H and O–H groups in total. The number of guanidine groups is 1. The zero-order valence-corrected chi connectivity index (χ0v) is 19.0. The van der Waals surface area contributed by atoms with Gasteiger partial charge in [0.1, 0.15) is 5.75 Å². The highest BCUT2D eigenvalue weighted by Crippen LogP contribution is 2.23. The topological polar surface area (TPSA) is 69.2 Å². The molecule has 0 saturated carbocycles. The van der Waals surface area contributed by atoms with Crippen LogP contribution in [0.15, 0.2) is 23.2 Å². The van der Waals surface area contributed by atoms with Gasteiger partial charge >= 0.3 is 6.61 Å². The average molecular weight is 440 g/mol. The van der Waals surface area contributed by atoms with Crippen molar-refractivity contribution in [1.29, 1.82) is 0 Å². The molecule has 0 radical (unpaired) electrons. The van der Waals surface area contributed by atoms with Crippen LogP contribution in [-0.4, -0.2) is 74.6 Å². The quantitative estimate of drug-likeness (QED) is 0.333. The highest BCUT2D eigenvalue weighted by Gasteiger charge is 2.30. The molecule has 1 aliphatic heterocycles. The van der Waals surface area contributed by atoms with Crippen LogP contribution in [-0.2, 0) is 11.3 Å². The first kappa shape index (κ1) is 24.8. The maximum atomic E-state index is 12.7. The minimum atomic E-state index is -2.87. The van der Waals surface area contributed by atoms with Crippen LogP contribution >= 0.6 is 0 Å². The normalized spacial score (nSPS) is 17.1. The molecular formula is C22H35F2N5O2. The van der Waals surface area contributed by atoms with Crippen LogP contribution in [0.5, 0.6) is 5.75 Å². The first-order valence-corrected chi connectivity index (χ1v) is 10.8. The fraction of sp³-hybridized carbons (Fsp3) is 0.636. The van der Waals surface area contributed by atoms with Gasteiger partial charge in [-0.3, -0.25) is 9.69 Å². The number of benzene rings is 1. The van der Waals surface area contributed by atoms with Gasteiger partial charge in [0.05, 0.1) is 12.6 Å². The van der Waals surface area contributed by atoms with Gasteiger partial charge in [-0.2, -0.15) is 8.78 Å². The molecule has 0 spiro atoms. The van der Waals surface area contributed by atoms with Crippen LogP contribution in [0.4, 0.5) is 8.78 Å². The van der Waals surface area contributed by atoms with Gasteiger partial charge in [-0.1, -0.05) is 17.7 Å². The molecular weight excluding hydrogens is 404 g/mol. The summed E-state index contributed by atoms with van der Waals surface area (Å²) in [5.41, 5.74) is 1.57. The Labute approximate surface area is 183 Å². The summed E-state index contributed by atoms with van der Waals surface area (Å²) in [6, 6.07) is 5.07. The van der Waals surface area contributed by atoms with Crippen molar-refractivity contribution in [3.05, 3.63) is 29.3 Å². The molecule has 1 heterocycles. The highest BCUT2D eigenvalue weighted by atomic mass is 19.3. The lowest BCUT2D eigenvalue weighted by molar-refractivity contribution is -0.133. The maximum Gasteiger partial charge on any atom is 0.387 e. The van der Waals surface area contributed by atoms with E-state index in [0.717, 1.165) is 37.9 Å². The van der Waals surface area contributed by atoms with Crippen LogP contribution in [0.25, 0.3) is 0 Å². The van der Waals surface area contributed by atoms with Gasteiger partial charge in [-0.05, 0) is 45.7 Å². The van der Waals surface area contributed by atoms with E-state index < -0.39 is 6.61 Å². The number of carbonyl (C=O) groups is 1. The maximum absolute atomic E-state index is 12.7. The van der Waals surface area contributed by atoms with Crippen LogP contribution in [0.3, 0.4) is 0 Å². The number of aliphatic imine (C=N–C) groups is 1. The summed E-state index contributed by atoms with van der Waals surface area (Å²) < 4.78 is 29.9. The Hall–Kier alpha value is -2.42. The number of carbonyl (C=O) groups excluding carboxylic acids is 1. The van der Waals surface area contributed by atoms with Crippen molar-refractivity contribution in [2.24, 2.45) is 4.99 Å². The number of amides is 1. The Kier molecular flexibility index (Phi) is 9.97. The first-order chi connectivity index (χ1) is 14.8. The second-order valence-electron chi connectivity index (χ2n) is 7.89. The predicted molar refractivity (Wildman–Crippen MR) is 119 cm³/mol. The molecule has 1 aliphatic rings. The van der Waals surface area contributed by atoms with Crippen molar-refractivity contribution in [2.45, 2.75) is 52.3 Å². The van der Waals surface area contributed by atoms with E-state index in [1.54, 1.807) is 37.2 Å². The Morgan fingerprint density at radius 3 is 2.81 bits per heavy atom. The highest BCUT2D eigenvalue weighted by molar-refractivity contribution is 5.81. The number of halogens is 2. The number of nitrogens with zero attached hydrogens (tertiary/aromatic N) is 3. The minimum Gasteiger partial charge on any atom is -0.434 e. The third-order valence-electron chi connectivity index (χ3n) is 5.19. The fourth-order valence-corrected chi connectivity index (χ4v) is 3.71. The third kappa shape index (κ3) is 7.97. The lowest BCUT2D eigenvalue weighted by Crippen LogP contribution is -2.44. The molecule has 7 nitrogen and oxygen atoms in total. The second kappa shape index (κ2) is 12.4. The van der Waals surface area contributed by atoms with E-state index in [-0.39, 0.29) is 24.2 Å². The number of likely N-dealkylation sites (tertiary alicyclic amines) is 1. The number of ether oxygens (including phenoxy) is 1. The number of hydrogen-bond acceptors (Lipinski definition) is 4. The Bertz CT molecular complexity index is 743. The minimum absolute atomic E-state index is 0.0218. The summed E-state index contributed by atoms with van der Waals surface area (Å²) in [5.74, 6) is 0.931. The van der Waals surface area contributed by atoms with Gasteiger partial charge in [0.25, 0.3) is 0 Å². The van der Waals surface area contributed by atoms with E-state index in [2.05, 4.69) is 25.3 Å². The van der Waals surface area contributed by atoms with Gasteiger partial charge in [-0.25, -0.2) is 4.99 Å². The van der Waals surface area contributed by atoms with Crippen LogP contribution in [0, 0.1) is 6.92 Å². The number of rotatable bonds is 10. The summed E-state index contributed by atoms with van der Waals surface area (Å²) in [7, 11) is 3.59. The largest absolute Gasteiger partial charge is 0.434 e. The fourth-order valence-electron chi connectivity index (χ4n) is 3.71. The number of aryl methyl sites for hydroxylation is 1. The Morgan fingerprint density at radius 1 is 1.35 bits per heavy atom. The average Bonchev–Trinajstić information content (AvgIpc) is 3.18. The summed E-state index contributed by atoms with van der Waals surface area (Å²) >= 11 is 0. The van der Waals surface area contributed by atoms with E-state index >= 15 is 0 Å². The molecule has 31 heavy (non-hydrogen) atoms. The molecule has 1 saturated heterocycles. The van der Waals surface area contributed by atoms with Crippen molar-refractivity contribution in [2.75, 3.05) is 40.3 Å². The van der Waals surface area contributed by atoms with Crippen molar-refractivity contribution in [1.82, 2.24) is 20.4 Å². The van der Waals surface area contributed by atoms with E-state index in [0.29, 0.717) is 24.6 Å². The number of nitrogens with one attached hydrogen (secondary N) is 2. The SMILES string of the molecule is CCNC(=NCc1cc(C)ccc1OC(F)F)NCCCN1CCCC1C(=O)N(C)C. The summed E-state index contributed by atoms with van der Waals surface area (Å²) in [6.45, 7) is 4.38. The van der Waals surface area contributed by atoms with Crippen molar-refractivity contribution < 1.29 is 18.3 Å². The van der Waals surface area contributed by atoms with E-state index in [1.165, 1.54) is 0 Å². The lowest BCUT2D eigenvalue weighted by atomic mass is 10.1. The second-order valence-corrected chi connectivity index (χ2v) is 7.89. The molecule has 0 aliphatic carbocycles. The van der Waals surface area contributed by atoms with Crippen molar-refractivity contribution >= 4 is 11.9 Å². The molecule has 1 atom stereocenters. The van der Waals surface area contributed by atoms with Gasteiger partial charge in [0.15, 0.2) is 5.96 Å². The molecule has 2 rings (SSSR count). The summed E-state index contributed by atoms with van der Waals surface area (Å²) in [6.07, 6.45) is 2.82. The number of alkyl halides is 2. The summed E-state index contributed by atoms with van der Waals surface area (Å²) in [5, 5.41) is 6.46. The molecule has 1 amide bonds. The van der Waals surface area contributed by atoms with Crippen LogP contribution < -0.4 is 15.4 Å². The molecule has 0 aromatic heterocycles. The number of likely N-dealkylation sites (N-methyl/N-ethyl adjacent to an activating group) is 1. The predicted octanol–water partition coefficient (Wildman–Crippen LogP) is 2.59. The lowest BCUT2D eigenvalue weighted by Gasteiger charge is -2.26. The van der Waals surface area contributed by atoms with Crippen molar-refractivity contribution in [3.63, 3.8) is 0 Å². The molecule has 1 fully saturated rings. The molecule has 1 aromatic rings. The zero-order valence-electron chi connectivity index (χ0n) is 19.0. The first-order valence-electron chi connectivity index (χ1n) is 10.8. The Balaban J connectivity index is 1.90. The van der Waals surface area contributed by atoms with E-state index in [9.17, 15) is 13.6 Å². The summed E-state index contributed by atoms with van der Waals surface area (Å²) in [4.78, 5) is 20.7. The van der Waals surface area contributed by atoms with Crippen molar-refractivity contribution in [3.8, 4) is 5.75 Å². The smallest absolute Gasteiger partial charge is 0.387 e. The van der Waals surface area contributed by atoms with Gasteiger partial charge < -0.3 is 20.3 Å². The van der Waals surface area contributed by atoms with E-state index in [4.69, 9.17) is 0 Å². The van der Waals surface area contributed by atoms with Gasteiger partial charge in [0.2, 0.25) is 5.91 Å². The molecule has 1 aromatic carbocycles. The van der Waals surface area contributed by atoms with Crippen LogP contribution in [0.2, 0.25) is 0 Å². The molecule has 1 unspecified atom stereocenters.